The van der Waals surface area contributed by atoms with Crippen molar-refractivity contribution in [2.45, 2.75) is 12.5 Å². The van der Waals surface area contributed by atoms with Gasteiger partial charge in [-0.1, -0.05) is 29.3 Å². The van der Waals surface area contributed by atoms with Crippen LogP contribution in [0.5, 0.6) is 0 Å². The molecule has 0 fully saturated rings. The lowest BCUT2D eigenvalue weighted by molar-refractivity contribution is -0.122. The van der Waals surface area contributed by atoms with Gasteiger partial charge in [-0.3, -0.25) is 9.59 Å². The fourth-order valence-electron chi connectivity index (χ4n) is 3.77. The molecule has 1 unspecified atom stereocenters. The normalized spacial score (nSPS) is 15.4. The second kappa shape index (κ2) is 9.31. The molecule has 0 saturated carbocycles. The zero-order valence-electron chi connectivity index (χ0n) is 15.8. The van der Waals surface area contributed by atoms with Crippen molar-refractivity contribution in [2.75, 3.05) is 20.1 Å². The van der Waals surface area contributed by atoms with Gasteiger partial charge in [0.15, 0.2) is 0 Å². The van der Waals surface area contributed by atoms with E-state index in [1.807, 2.05) is 42.3 Å². The third-order valence-electron chi connectivity index (χ3n) is 4.94. The Morgan fingerprint density at radius 3 is 2.69 bits per heavy atom. The van der Waals surface area contributed by atoms with Crippen molar-refractivity contribution in [3.8, 4) is 0 Å². The summed E-state index contributed by atoms with van der Waals surface area (Å²) in [6, 6.07) is 12.9. The van der Waals surface area contributed by atoms with Crippen molar-refractivity contribution < 1.29 is 14.7 Å². The SMILES string of the molecule is CNCC1c2[nH]c3ccc(Cl)cc3c2CCN1C(=O)c1cccc(Cl)c1.O=CO. The Kier molecular flexibility index (Phi) is 6.79. The van der Waals surface area contributed by atoms with Gasteiger partial charge in [0, 0.05) is 45.3 Å². The van der Waals surface area contributed by atoms with E-state index in [1.165, 1.54) is 5.56 Å². The number of nitrogens with zero attached hydrogens (tertiary/aromatic N) is 1. The van der Waals surface area contributed by atoms with Crippen molar-refractivity contribution in [2.24, 2.45) is 0 Å². The number of aromatic nitrogens is 1. The summed E-state index contributed by atoms with van der Waals surface area (Å²) in [7, 11) is 1.90. The molecule has 0 spiro atoms. The molecule has 1 atom stereocenters. The van der Waals surface area contributed by atoms with Gasteiger partial charge in [-0.15, -0.1) is 0 Å². The Hall–Kier alpha value is -2.54. The molecule has 3 N–H and O–H groups in total. The van der Waals surface area contributed by atoms with Gasteiger partial charge >= 0.3 is 0 Å². The number of nitrogens with one attached hydrogen (secondary N) is 2. The number of aromatic amines is 1. The molecule has 3 aromatic rings. The highest BCUT2D eigenvalue weighted by molar-refractivity contribution is 6.31. The maximum Gasteiger partial charge on any atom is 0.290 e. The van der Waals surface area contributed by atoms with Crippen molar-refractivity contribution in [1.29, 1.82) is 0 Å². The molecule has 8 heteroatoms. The fourth-order valence-corrected chi connectivity index (χ4v) is 4.14. The first-order valence-corrected chi connectivity index (χ1v) is 9.84. The minimum Gasteiger partial charge on any atom is -0.483 e. The number of rotatable bonds is 3. The molecule has 1 amide bonds. The molecule has 2 heterocycles. The number of H-pyrrole nitrogens is 1. The van der Waals surface area contributed by atoms with Crippen LogP contribution in [0.3, 0.4) is 0 Å². The molecule has 6 nitrogen and oxygen atoms in total. The summed E-state index contributed by atoms with van der Waals surface area (Å²) < 4.78 is 0. The van der Waals surface area contributed by atoms with E-state index in [-0.39, 0.29) is 18.4 Å². The molecule has 152 valence electrons. The van der Waals surface area contributed by atoms with Crippen LogP contribution < -0.4 is 5.32 Å². The van der Waals surface area contributed by atoms with Crippen LogP contribution in [0.2, 0.25) is 10.0 Å². The molecule has 0 saturated heterocycles. The Balaban J connectivity index is 0.000000755. The summed E-state index contributed by atoms with van der Waals surface area (Å²) in [6.07, 6.45) is 0.794. The maximum atomic E-state index is 13.1. The van der Waals surface area contributed by atoms with E-state index in [0.717, 1.165) is 28.0 Å². The molecule has 2 aromatic carbocycles. The van der Waals surface area contributed by atoms with Crippen LogP contribution in [-0.4, -0.2) is 47.5 Å². The van der Waals surface area contributed by atoms with Gasteiger partial charge in [0.2, 0.25) is 0 Å². The molecule has 1 aliphatic heterocycles. The molecule has 1 aliphatic rings. The average molecular weight is 434 g/mol. The number of benzene rings is 2. The number of hydrogen-bond acceptors (Lipinski definition) is 3. The van der Waals surface area contributed by atoms with Gasteiger partial charge in [-0.25, -0.2) is 0 Å². The number of hydrogen-bond donors (Lipinski definition) is 3. The van der Waals surface area contributed by atoms with Gasteiger partial charge in [0.1, 0.15) is 0 Å². The minimum atomic E-state index is -0.250. The summed E-state index contributed by atoms with van der Waals surface area (Å²) in [6.45, 7) is 1.07. The van der Waals surface area contributed by atoms with Crippen LogP contribution in [0.1, 0.15) is 27.7 Å². The third-order valence-corrected chi connectivity index (χ3v) is 5.41. The maximum absolute atomic E-state index is 13.1. The van der Waals surface area contributed by atoms with Gasteiger partial charge in [0.05, 0.1) is 6.04 Å². The molecule has 1 aromatic heterocycles. The topological polar surface area (TPSA) is 85.4 Å². The predicted octanol–water partition coefficient (Wildman–Crippen LogP) is 4.13. The molecule has 0 bridgehead atoms. The molecular formula is C21H21Cl2N3O3. The van der Waals surface area contributed by atoms with E-state index < -0.39 is 0 Å². The van der Waals surface area contributed by atoms with Crippen molar-refractivity contribution in [1.82, 2.24) is 15.2 Å². The standard InChI is InChI=1S/C20H19Cl2N3O.CH2O2/c1-23-11-18-19-15(16-10-14(22)5-6-17(16)24-19)7-8-25(18)20(26)12-3-2-4-13(21)9-12;2-1-3/h2-6,9-10,18,23-24H,7-8,11H2,1H3;1H,(H,2,3). The second-order valence-corrected chi connectivity index (χ2v) is 7.52. The number of likely N-dealkylation sites (N-methyl/N-ethyl adjacent to an activating group) is 1. The van der Waals surface area contributed by atoms with Crippen LogP contribution in [0.15, 0.2) is 42.5 Å². The summed E-state index contributed by atoms with van der Waals surface area (Å²) in [5.74, 6) is -0.00455. The van der Waals surface area contributed by atoms with E-state index in [4.69, 9.17) is 33.1 Å². The van der Waals surface area contributed by atoms with Crippen molar-refractivity contribution >= 4 is 46.5 Å². The number of fused-ring (bicyclic) bond motifs is 3. The highest BCUT2D eigenvalue weighted by atomic mass is 35.5. The number of amides is 1. The number of carbonyl (C=O) groups excluding carboxylic acids is 1. The van der Waals surface area contributed by atoms with E-state index in [2.05, 4.69) is 10.3 Å². The van der Waals surface area contributed by atoms with Crippen LogP contribution >= 0.6 is 23.2 Å². The van der Waals surface area contributed by atoms with Gasteiger partial charge < -0.3 is 20.3 Å². The highest BCUT2D eigenvalue weighted by Gasteiger charge is 2.33. The van der Waals surface area contributed by atoms with Crippen LogP contribution in [0, 0.1) is 0 Å². The Morgan fingerprint density at radius 1 is 1.28 bits per heavy atom. The van der Waals surface area contributed by atoms with E-state index in [0.29, 0.717) is 23.7 Å². The summed E-state index contributed by atoms with van der Waals surface area (Å²) >= 11 is 12.3. The monoisotopic (exact) mass is 433 g/mol. The predicted molar refractivity (Wildman–Crippen MR) is 115 cm³/mol. The van der Waals surface area contributed by atoms with E-state index in [1.54, 1.807) is 12.1 Å². The van der Waals surface area contributed by atoms with E-state index in [9.17, 15) is 4.79 Å². The Morgan fingerprint density at radius 2 is 2.00 bits per heavy atom. The molecule has 29 heavy (non-hydrogen) atoms. The molecule has 4 rings (SSSR count). The van der Waals surface area contributed by atoms with Gasteiger partial charge in [-0.05, 0) is 55.4 Å². The minimum absolute atomic E-state index is 0.00455. The first-order chi connectivity index (χ1) is 14.0. The quantitative estimate of drug-likeness (QED) is 0.541. The molecule has 0 radical (unpaired) electrons. The van der Waals surface area contributed by atoms with Crippen LogP contribution in [-0.2, 0) is 11.2 Å². The molecular weight excluding hydrogens is 413 g/mol. The largest absolute Gasteiger partial charge is 0.483 e. The zero-order valence-corrected chi connectivity index (χ0v) is 17.3. The van der Waals surface area contributed by atoms with Gasteiger partial charge in [0.25, 0.3) is 12.4 Å². The first kappa shape index (κ1) is 21.2. The van der Waals surface area contributed by atoms with Crippen LogP contribution in [0.25, 0.3) is 10.9 Å². The Bertz CT molecular complexity index is 1040. The summed E-state index contributed by atoms with van der Waals surface area (Å²) in [5, 5.41) is 12.5. The fraction of sp³-hybridized carbons (Fsp3) is 0.238. The first-order valence-electron chi connectivity index (χ1n) is 9.09. The number of carboxylic acid groups (broad SMARTS) is 1. The summed E-state index contributed by atoms with van der Waals surface area (Å²) in [5.41, 5.74) is 4.00. The smallest absolute Gasteiger partial charge is 0.290 e. The number of halogens is 2. The summed E-state index contributed by atoms with van der Waals surface area (Å²) in [4.78, 5) is 26.9. The van der Waals surface area contributed by atoms with Crippen molar-refractivity contribution in [3.63, 3.8) is 0 Å². The van der Waals surface area contributed by atoms with Gasteiger partial charge in [-0.2, -0.15) is 0 Å². The van der Waals surface area contributed by atoms with Crippen LogP contribution in [0.4, 0.5) is 0 Å². The highest BCUT2D eigenvalue weighted by Crippen LogP contribution is 2.36. The third kappa shape index (κ3) is 4.40. The zero-order chi connectivity index (χ0) is 21.0. The number of carbonyl (C=O) groups is 2. The second-order valence-electron chi connectivity index (χ2n) is 6.64. The lowest BCUT2D eigenvalue weighted by Crippen LogP contribution is -2.43. The average Bonchev–Trinajstić information content (AvgIpc) is 3.07. The van der Waals surface area contributed by atoms with E-state index >= 15 is 0 Å². The van der Waals surface area contributed by atoms with Crippen molar-refractivity contribution in [3.05, 3.63) is 69.3 Å². The lowest BCUT2D eigenvalue weighted by Gasteiger charge is -2.36. The Labute approximate surface area is 178 Å². The molecule has 0 aliphatic carbocycles. The lowest BCUT2D eigenvalue weighted by atomic mass is 9.96.